The fourth-order valence-electron chi connectivity index (χ4n) is 1.79. The van der Waals surface area contributed by atoms with Crippen molar-refractivity contribution in [3.63, 3.8) is 0 Å². The summed E-state index contributed by atoms with van der Waals surface area (Å²) >= 11 is 0. The van der Waals surface area contributed by atoms with Gasteiger partial charge in [0.1, 0.15) is 12.4 Å². The van der Waals surface area contributed by atoms with Crippen LogP contribution in [0.15, 0.2) is 29.8 Å². The summed E-state index contributed by atoms with van der Waals surface area (Å²) in [7, 11) is 0. The Kier molecular flexibility index (Phi) is 5.74. The zero-order chi connectivity index (χ0) is 14.2. The van der Waals surface area contributed by atoms with Gasteiger partial charge in [0.25, 0.3) is 0 Å². The molecule has 0 aliphatic carbocycles. The van der Waals surface area contributed by atoms with Gasteiger partial charge in [-0.2, -0.15) is 0 Å². The molecule has 2 rings (SSSR count). The number of fused-ring (bicyclic) bond motifs is 1. The molecule has 0 spiro atoms. The first-order chi connectivity index (χ1) is 9.79. The standard InChI is InChI=1S/C16H22O4/c1-3-4-8-17-11-13(2)7-9-18-14-5-6-15-16(10-14)20-12-19-15/h5-7,10H,3-4,8-9,11-12H2,1-2H3. The highest BCUT2D eigenvalue weighted by molar-refractivity contribution is 5.46. The number of rotatable bonds is 8. The first-order valence-electron chi connectivity index (χ1n) is 7.05. The van der Waals surface area contributed by atoms with Crippen LogP contribution in [0.1, 0.15) is 26.7 Å². The van der Waals surface area contributed by atoms with Crippen molar-refractivity contribution in [2.24, 2.45) is 0 Å². The zero-order valence-electron chi connectivity index (χ0n) is 12.2. The molecule has 1 aromatic rings. The van der Waals surface area contributed by atoms with Crippen LogP contribution in [0, 0.1) is 0 Å². The van der Waals surface area contributed by atoms with Crippen LogP contribution in [0.5, 0.6) is 17.2 Å². The van der Waals surface area contributed by atoms with E-state index in [1.807, 2.05) is 24.3 Å². The third-order valence-electron chi connectivity index (χ3n) is 3.00. The van der Waals surface area contributed by atoms with Crippen molar-refractivity contribution in [2.45, 2.75) is 26.7 Å². The number of unbranched alkanes of at least 4 members (excludes halogenated alkanes) is 1. The predicted molar refractivity (Wildman–Crippen MR) is 77.5 cm³/mol. The molecule has 0 saturated heterocycles. The lowest BCUT2D eigenvalue weighted by molar-refractivity contribution is 0.152. The Hall–Kier alpha value is -1.68. The van der Waals surface area contributed by atoms with E-state index in [0.717, 1.165) is 36.7 Å². The highest BCUT2D eigenvalue weighted by Gasteiger charge is 2.13. The van der Waals surface area contributed by atoms with Crippen LogP contribution in [0.25, 0.3) is 0 Å². The van der Waals surface area contributed by atoms with Gasteiger partial charge < -0.3 is 18.9 Å². The molecule has 0 atom stereocenters. The molecule has 4 nitrogen and oxygen atoms in total. The lowest BCUT2D eigenvalue weighted by Crippen LogP contribution is -2.00. The Morgan fingerprint density at radius 3 is 3.00 bits per heavy atom. The second-order valence-corrected chi connectivity index (χ2v) is 4.78. The van der Waals surface area contributed by atoms with Crippen LogP contribution in [0.2, 0.25) is 0 Å². The summed E-state index contributed by atoms with van der Waals surface area (Å²) in [5, 5.41) is 0. The van der Waals surface area contributed by atoms with E-state index in [9.17, 15) is 0 Å². The Morgan fingerprint density at radius 1 is 1.30 bits per heavy atom. The lowest BCUT2D eigenvalue weighted by atomic mass is 10.3. The van der Waals surface area contributed by atoms with Gasteiger partial charge in [-0.15, -0.1) is 0 Å². The minimum Gasteiger partial charge on any atom is -0.489 e. The van der Waals surface area contributed by atoms with Crippen molar-refractivity contribution in [1.29, 1.82) is 0 Å². The van der Waals surface area contributed by atoms with Gasteiger partial charge in [0.2, 0.25) is 6.79 Å². The Bertz CT molecular complexity index is 454. The molecule has 4 heteroatoms. The minimum atomic E-state index is 0.285. The Labute approximate surface area is 120 Å². The molecule has 0 amide bonds. The summed E-state index contributed by atoms with van der Waals surface area (Å²) in [5.74, 6) is 2.30. The van der Waals surface area contributed by atoms with Crippen molar-refractivity contribution in [3.05, 3.63) is 29.8 Å². The summed E-state index contributed by atoms with van der Waals surface area (Å²) < 4.78 is 21.8. The highest BCUT2D eigenvalue weighted by Crippen LogP contribution is 2.35. The summed E-state index contributed by atoms with van der Waals surface area (Å²) in [4.78, 5) is 0. The highest BCUT2D eigenvalue weighted by atomic mass is 16.7. The normalized spacial score (nSPS) is 13.6. The van der Waals surface area contributed by atoms with E-state index in [1.54, 1.807) is 0 Å². The molecule has 1 aliphatic heterocycles. The lowest BCUT2D eigenvalue weighted by Gasteiger charge is -2.06. The third kappa shape index (κ3) is 4.46. The Morgan fingerprint density at radius 2 is 2.15 bits per heavy atom. The van der Waals surface area contributed by atoms with Gasteiger partial charge in [0, 0.05) is 12.7 Å². The zero-order valence-corrected chi connectivity index (χ0v) is 12.2. The summed E-state index contributed by atoms with van der Waals surface area (Å²) in [5.41, 5.74) is 1.18. The maximum Gasteiger partial charge on any atom is 0.231 e. The number of benzene rings is 1. The van der Waals surface area contributed by atoms with Crippen LogP contribution in [0.3, 0.4) is 0 Å². The molecule has 1 heterocycles. The van der Waals surface area contributed by atoms with E-state index in [-0.39, 0.29) is 6.79 Å². The average molecular weight is 278 g/mol. The molecule has 20 heavy (non-hydrogen) atoms. The van der Waals surface area contributed by atoms with Crippen molar-refractivity contribution in [1.82, 2.24) is 0 Å². The quantitative estimate of drug-likeness (QED) is 0.538. The first kappa shape index (κ1) is 14.7. The van der Waals surface area contributed by atoms with Crippen molar-refractivity contribution < 1.29 is 18.9 Å². The van der Waals surface area contributed by atoms with Gasteiger partial charge in [-0.25, -0.2) is 0 Å². The largest absolute Gasteiger partial charge is 0.489 e. The van der Waals surface area contributed by atoms with Gasteiger partial charge in [-0.05, 0) is 37.1 Å². The molecular formula is C16H22O4. The third-order valence-corrected chi connectivity index (χ3v) is 3.00. The van der Waals surface area contributed by atoms with Gasteiger partial charge in [-0.3, -0.25) is 0 Å². The number of hydrogen-bond acceptors (Lipinski definition) is 4. The molecule has 0 saturated carbocycles. The summed E-state index contributed by atoms with van der Waals surface area (Å²) in [6, 6.07) is 5.60. The van der Waals surface area contributed by atoms with Gasteiger partial charge in [0.15, 0.2) is 11.5 Å². The molecule has 110 valence electrons. The van der Waals surface area contributed by atoms with Crippen LogP contribution < -0.4 is 14.2 Å². The van der Waals surface area contributed by atoms with Crippen LogP contribution >= 0.6 is 0 Å². The maximum absolute atomic E-state index is 5.66. The number of ether oxygens (including phenoxy) is 4. The van der Waals surface area contributed by atoms with E-state index in [2.05, 4.69) is 13.8 Å². The molecule has 0 fully saturated rings. The van der Waals surface area contributed by atoms with Crippen molar-refractivity contribution >= 4 is 0 Å². The number of hydrogen-bond donors (Lipinski definition) is 0. The SMILES string of the molecule is CCCCOCC(C)=CCOc1ccc2c(c1)OCO2. The van der Waals surface area contributed by atoms with Crippen LogP contribution in [-0.4, -0.2) is 26.6 Å². The molecule has 0 bridgehead atoms. The second-order valence-electron chi connectivity index (χ2n) is 4.78. The first-order valence-corrected chi connectivity index (χ1v) is 7.05. The fraction of sp³-hybridized carbons (Fsp3) is 0.500. The molecular weight excluding hydrogens is 256 g/mol. The second kappa shape index (κ2) is 7.80. The topological polar surface area (TPSA) is 36.9 Å². The average Bonchev–Trinajstić information content (AvgIpc) is 2.91. The van der Waals surface area contributed by atoms with Crippen molar-refractivity contribution in [2.75, 3.05) is 26.6 Å². The van der Waals surface area contributed by atoms with Gasteiger partial charge >= 0.3 is 0 Å². The van der Waals surface area contributed by atoms with Crippen molar-refractivity contribution in [3.8, 4) is 17.2 Å². The smallest absolute Gasteiger partial charge is 0.231 e. The molecule has 0 unspecified atom stereocenters. The maximum atomic E-state index is 5.66. The fourth-order valence-corrected chi connectivity index (χ4v) is 1.79. The monoisotopic (exact) mass is 278 g/mol. The van der Waals surface area contributed by atoms with E-state index < -0.39 is 0 Å². The van der Waals surface area contributed by atoms with Crippen LogP contribution in [0.4, 0.5) is 0 Å². The minimum absolute atomic E-state index is 0.285. The summed E-state index contributed by atoms with van der Waals surface area (Å²) in [6.45, 7) is 6.52. The molecule has 1 aromatic carbocycles. The van der Waals surface area contributed by atoms with E-state index >= 15 is 0 Å². The van der Waals surface area contributed by atoms with Crippen LogP contribution in [-0.2, 0) is 4.74 Å². The Balaban J connectivity index is 1.72. The van der Waals surface area contributed by atoms with Gasteiger partial charge in [-0.1, -0.05) is 13.3 Å². The molecule has 0 N–H and O–H groups in total. The van der Waals surface area contributed by atoms with E-state index in [4.69, 9.17) is 18.9 Å². The molecule has 1 aliphatic rings. The molecule has 0 radical (unpaired) electrons. The van der Waals surface area contributed by atoms with E-state index in [1.165, 1.54) is 5.57 Å². The summed E-state index contributed by atoms with van der Waals surface area (Å²) in [6.07, 6.45) is 4.31. The van der Waals surface area contributed by atoms with E-state index in [0.29, 0.717) is 13.2 Å². The molecule has 0 aromatic heterocycles. The van der Waals surface area contributed by atoms with Gasteiger partial charge in [0.05, 0.1) is 6.61 Å². The predicted octanol–water partition coefficient (Wildman–Crippen LogP) is 3.56.